The second kappa shape index (κ2) is 7.08. The zero-order chi connectivity index (χ0) is 17.0. The van der Waals surface area contributed by atoms with Crippen LogP contribution in [0.4, 0.5) is 13.2 Å². The standard InChI is InChI=1S/C17H12BrF3O2/c18-15-4-2-1-3-12(15)9-14(22)10-16(23)11-5-7-13(8-6-11)17(19,20)21/h1-8H,9-10H2. The first-order chi connectivity index (χ1) is 10.8. The smallest absolute Gasteiger partial charge is 0.299 e. The molecule has 0 unspecified atom stereocenters. The van der Waals surface area contributed by atoms with E-state index in [1.165, 1.54) is 0 Å². The lowest BCUT2D eigenvalue weighted by molar-refractivity contribution is -0.137. The minimum absolute atomic E-state index is 0.0911. The van der Waals surface area contributed by atoms with Crippen LogP contribution >= 0.6 is 15.9 Å². The largest absolute Gasteiger partial charge is 0.416 e. The second-order valence-electron chi connectivity index (χ2n) is 4.98. The van der Waals surface area contributed by atoms with Crippen LogP contribution < -0.4 is 0 Å². The lowest BCUT2D eigenvalue weighted by Crippen LogP contribution is -2.11. The molecule has 23 heavy (non-hydrogen) atoms. The van der Waals surface area contributed by atoms with E-state index in [0.29, 0.717) is 0 Å². The van der Waals surface area contributed by atoms with E-state index in [-0.39, 0.29) is 24.2 Å². The maximum atomic E-state index is 12.5. The van der Waals surface area contributed by atoms with Gasteiger partial charge in [-0.25, -0.2) is 0 Å². The second-order valence-corrected chi connectivity index (χ2v) is 5.84. The molecule has 0 fully saturated rings. The van der Waals surface area contributed by atoms with Crippen LogP contribution in [-0.2, 0) is 17.4 Å². The number of carbonyl (C=O) groups is 2. The highest BCUT2D eigenvalue weighted by Crippen LogP contribution is 2.29. The molecule has 0 saturated heterocycles. The van der Waals surface area contributed by atoms with Crippen LogP contribution in [0.5, 0.6) is 0 Å². The molecule has 120 valence electrons. The van der Waals surface area contributed by atoms with E-state index in [4.69, 9.17) is 0 Å². The number of halogens is 4. The summed E-state index contributed by atoms with van der Waals surface area (Å²) < 4.78 is 38.2. The summed E-state index contributed by atoms with van der Waals surface area (Å²) in [5.41, 5.74) is 0.0322. The molecule has 0 spiro atoms. The van der Waals surface area contributed by atoms with Gasteiger partial charge in [0.2, 0.25) is 0 Å². The van der Waals surface area contributed by atoms with E-state index in [2.05, 4.69) is 15.9 Å². The Morgan fingerprint density at radius 2 is 1.57 bits per heavy atom. The van der Waals surface area contributed by atoms with Crippen LogP contribution in [0.1, 0.15) is 27.9 Å². The van der Waals surface area contributed by atoms with Crippen LogP contribution in [0.3, 0.4) is 0 Å². The fourth-order valence-electron chi connectivity index (χ4n) is 2.04. The van der Waals surface area contributed by atoms with E-state index in [9.17, 15) is 22.8 Å². The van der Waals surface area contributed by atoms with Gasteiger partial charge in [0.05, 0.1) is 12.0 Å². The van der Waals surface area contributed by atoms with E-state index in [1.807, 2.05) is 6.07 Å². The Morgan fingerprint density at radius 1 is 0.957 bits per heavy atom. The number of rotatable bonds is 5. The third kappa shape index (κ3) is 4.76. The van der Waals surface area contributed by atoms with Crippen LogP contribution in [0.15, 0.2) is 53.0 Å². The third-order valence-corrected chi connectivity index (χ3v) is 4.01. The Morgan fingerprint density at radius 3 is 2.13 bits per heavy atom. The van der Waals surface area contributed by atoms with E-state index in [0.717, 1.165) is 34.3 Å². The Labute approximate surface area is 139 Å². The highest BCUT2D eigenvalue weighted by atomic mass is 79.9. The Kier molecular flexibility index (Phi) is 5.36. The monoisotopic (exact) mass is 384 g/mol. The molecule has 2 aromatic rings. The van der Waals surface area contributed by atoms with Crippen molar-refractivity contribution in [2.75, 3.05) is 0 Å². The maximum absolute atomic E-state index is 12.5. The van der Waals surface area contributed by atoms with Crippen molar-refractivity contribution in [2.45, 2.75) is 19.0 Å². The van der Waals surface area contributed by atoms with Crippen molar-refractivity contribution in [3.8, 4) is 0 Å². The van der Waals surface area contributed by atoms with Gasteiger partial charge in [-0.3, -0.25) is 9.59 Å². The van der Waals surface area contributed by atoms with E-state index in [1.54, 1.807) is 18.2 Å². The summed E-state index contributed by atoms with van der Waals surface area (Å²) in [6.07, 6.45) is -4.70. The molecule has 0 aliphatic rings. The number of hydrogen-bond donors (Lipinski definition) is 0. The SMILES string of the molecule is O=C(CC(=O)c1ccc(C(F)(F)F)cc1)Cc1ccccc1Br. The molecule has 2 nitrogen and oxygen atoms in total. The van der Waals surface area contributed by atoms with Crippen molar-refractivity contribution in [3.63, 3.8) is 0 Å². The fourth-order valence-corrected chi connectivity index (χ4v) is 2.47. The third-order valence-electron chi connectivity index (χ3n) is 3.24. The first-order valence-corrected chi connectivity index (χ1v) is 7.52. The van der Waals surface area contributed by atoms with Crippen molar-refractivity contribution in [2.24, 2.45) is 0 Å². The Bertz CT molecular complexity index is 721. The minimum Gasteiger partial charge on any atom is -0.299 e. The molecule has 0 N–H and O–H groups in total. The highest BCUT2D eigenvalue weighted by molar-refractivity contribution is 9.10. The van der Waals surface area contributed by atoms with Crippen LogP contribution in [-0.4, -0.2) is 11.6 Å². The zero-order valence-corrected chi connectivity index (χ0v) is 13.4. The summed E-state index contributed by atoms with van der Waals surface area (Å²) in [7, 11) is 0. The molecule has 0 aliphatic carbocycles. The summed E-state index contributed by atoms with van der Waals surface area (Å²) in [6.45, 7) is 0. The molecule has 0 heterocycles. The molecule has 0 aromatic heterocycles. The molecule has 0 aliphatic heterocycles. The predicted molar refractivity (Wildman–Crippen MR) is 83.2 cm³/mol. The van der Waals surface area contributed by atoms with Gasteiger partial charge >= 0.3 is 6.18 Å². The first-order valence-electron chi connectivity index (χ1n) is 6.73. The van der Waals surface area contributed by atoms with Gasteiger partial charge in [0, 0.05) is 16.5 Å². The molecule has 0 radical (unpaired) electrons. The number of Topliss-reactive ketones (excluding diaryl/α,β-unsaturated/α-hetero) is 2. The number of alkyl halides is 3. The van der Waals surface area contributed by atoms with Gasteiger partial charge in [-0.15, -0.1) is 0 Å². The van der Waals surface area contributed by atoms with Crippen molar-refractivity contribution < 1.29 is 22.8 Å². The van der Waals surface area contributed by atoms with Crippen LogP contribution in [0, 0.1) is 0 Å². The quantitative estimate of drug-likeness (QED) is 0.545. The topological polar surface area (TPSA) is 34.1 Å². The number of benzene rings is 2. The Hall–Kier alpha value is -1.95. The zero-order valence-electron chi connectivity index (χ0n) is 11.9. The molecule has 0 amide bonds. The van der Waals surface area contributed by atoms with Gasteiger partial charge in [-0.05, 0) is 23.8 Å². The molecular formula is C17H12BrF3O2. The van der Waals surface area contributed by atoms with E-state index < -0.39 is 17.5 Å². The minimum atomic E-state index is -4.45. The average Bonchev–Trinajstić information content (AvgIpc) is 2.49. The van der Waals surface area contributed by atoms with E-state index >= 15 is 0 Å². The first kappa shape index (κ1) is 17.4. The molecular weight excluding hydrogens is 373 g/mol. The van der Waals surface area contributed by atoms with Crippen LogP contribution in [0.25, 0.3) is 0 Å². The van der Waals surface area contributed by atoms with Gasteiger partial charge < -0.3 is 0 Å². The highest BCUT2D eigenvalue weighted by Gasteiger charge is 2.30. The molecule has 2 rings (SSSR count). The van der Waals surface area contributed by atoms with Gasteiger partial charge in [-0.1, -0.05) is 46.3 Å². The molecule has 2 aromatic carbocycles. The predicted octanol–water partition coefficient (Wildman–Crippen LogP) is 4.85. The number of hydrogen-bond acceptors (Lipinski definition) is 2. The lowest BCUT2D eigenvalue weighted by Gasteiger charge is -2.07. The van der Waals surface area contributed by atoms with Gasteiger partial charge in [0.25, 0.3) is 0 Å². The number of carbonyl (C=O) groups excluding carboxylic acids is 2. The average molecular weight is 385 g/mol. The molecule has 0 bridgehead atoms. The molecule has 6 heteroatoms. The fraction of sp³-hybridized carbons (Fsp3) is 0.176. The molecule has 0 saturated carbocycles. The normalized spacial score (nSPS) is 11.3. The van der Waals surface area contributed by atoms with Gasteiger partial charge in [-0.2, -0.15) is 13.2 Å². The van der Waals surface area contributed by atoms with Crippen molar-refractivity contribution in [3.05, 3.63) is 69.7 Å². The summed E-state index contributed by atoms with van der Waals surface area (Å²) in [5, 5.41) is 0. The van der Waals surface area contributed by atoms with Crippen molar-refractivity contribution in [1.82, 2.24) is 0 Å². The van der Waals surface area contributed by atoms with Crippen molar-refractivity contribution >= 4 is 27.5 Å². The van der Waals surface area contributed by atoms with Gasteiger partial charge in [0.15, 0.2) is 5.78 Å². The van der Waals surface area contributed by atoms with Gasteiger partial charge in [0.1, 0.15) is 5.78 Å². The lowest BCUT2D eigenvalue weighted by atomic mass is 10.0. The summed E-state index contributed by atoms with van der Waals surface area (Å²) in [4.78, 5) is 23.9. The van der Waals surface area contributed by atoms with Crippen molar-refractivity contribution in [1.29, 1.82) is 0 Å². The maximum Gasteiger partial charge on any atom is 0.416 e. The summed E-state index contributed by atoms with van der Waals surface area (Å²) >= 11 is 3.32. The summed E-state index contributed by atoms with van der Waals surface area (Å²) in [6, 6.07) is 11.0. The summed E-state index contributed by atoms with van der Waals surface area (Å²) in [5.74, 6) is -0.780. The Balaban J connectivity index is 2.01. The van der Waals surface area contributed by atoms with Crippen LogP contribution in [0.2, 0.25) is 0 Å². The number of ketones is 2. The molecule has 0 atom stereocenters.